The number of benzene rings is 2. The van der Waals surface area contributed by atoms with Crippen molar-refractivity contribution in [2.24, 2.45) is 0 Å². The fraction of sp³-hybridized carbons (Fsp3) is 0.176. The zero-order chi connectivity index (χ0) is 15.9. The van der Waals surface area contributed by atoms with E-state index in [0.29, 0.717) is 29.2 Å². The molecule has 0 aliphatic heterocycles. The van der Waals surface area contributed by atoms with Gasteiger partial charge >= 0.3 is 0 Å². The van der Waals surface area contributed by atoms with Gasteiger partial charge in [-0.15, -0.1) is 0 Å². The average molecular weight is 296 g/mol. The van der Waals surface area contributed by atoms with Crippen molar-refractivity contribution < 1.29 is 14.3 Å². The van der Waals surface area contributed by atoms with E-state index in [0.717, 1.165) is 5.56 Å². The first-order valence-corrected chi connectivity index (χ1v) is 6.67. The molecule has 0 radical (unpaired) electrons. The van der Waals surface area contributed by atoms with E-state index in [1.54, 1.807) is 36.4 Å². The number of amides is 1. The Morgan fingerprint density at radius 3 is 2.64 bits per heavy atom. The Hall–Kier alpha value is -3.00. The predicted octanol–water partition coefficient (Wildman–Crippen LogP) is 2.51. The van der Waals surface area contributed by atoms with Gasteiger partial charge in [0.15, 0.2) is 11.5 Å². The molecule has 5 nitrogen and oxygen atoms in total. The van der Waals surface area contributed by atoms with E-state index in [1.807, 2.05) is 6.07 Å². The smallest absolute Gasteiger partial charge is 0.255 e. The summed E-state index contributed by atoms with van der Waals surface area (Å²) in [4.78, 5) is 12.3. The largest absolute Gasteiger partial charge is 0.493 e. The summed E-state index contributed by atoms with van der Waals surface area (Å²) < 4.78 is 10.4. The topological polar surface area (TPSA) is 71.3 Å². The van der Waals surface area contributed by atoms with Crippen LogP contribution in [-0.4, -0.2) is 20.1 Å². The first kappa shape index (κ1) is 15.4. The predicted molar refractivity (Wildman–Crippen MR) is 81.9 cm³/mol. The molecule has 2 aromatic rings. The molecular formula is C17H16N2O3. The molecule has 1 N–H and O–H groups in total. The number of nitrogens with one attached hydrogen (secondary N) is 1. The minimum Gasteiger partial charge on any atom is -0.493 e. The van der Waals surface area contributed by atoms with E-state index < -0.39 is 0 Å². The van der Waals surface area contributed by atoms with Gasteiger partial charge in [0, 0.05) is 6.54 Å². The van der Waals surface area contributed by atoms with Crippen molar-refractivity contribution in [2.45, 2.75) is 6.54 Å². The molecule has 0 aliphatic rings. The molecule has 22 heavy (non-hydrogen) atoms. The van der Waals surface area contributed by atoms with Gasteiger partial charge < -0.3 is 14.8 Å². The lowest BCUT2D eigenvalue weighted by Crippen LogP contribution is -2.23. The van der Waals surface area contributed by atoms with Crippen molar-refractivity contribution in [3.05, 3.63) is 59.2 Å². The van der Waals surface area contributed by atoms with Crippen molar-refractivity contribution in [1.29, 1.82) is 5.26 Å². The van der Waals surface area contributed by atoms with Crippen molar-refractivity contribution in [2.75, 3.05) is 14.2 Å². The molecule has 0 heterocycles. The monoisotopic (exact) mass is 296 g/mol. The van der Waals surface area contributed by atoms with E-state index in [9.17, 15) is 4.79 Å². The van der Waals surface area contributed by atoms with E-state index in [-0.39, 0.29) is 5.91 Å². The molecular weight excluding hydrogens is 280 g/mol. The number of carbonyl (C=O) groups is 1. The lowest BCUT2D eigenvalue weighted by Gasteiger charge is -2.12. The third-order valence-electron chi connectivity index (χ3n) is 3.16. The summed E-state index contributed by atoms with van der Waals surface area (Å²) in [7, 11) is 3.01. The van der Waals surface area contributed by atoms with Gasteiger partial charge in [0.25, 0.3) is 5.91 Å². The molecule has 0 aromatic heterocycles. The maximum atomic E-state index is 12.3. The molecule has 0 spiro atoms. The molecule has 112 valence electrons. The number of hydrogen-bond acceptors (Lipinski definition) is 4. The van der Waals surface area contributed by atoms with Gasteiger partial charge in [-0.2, -0.15) is 5.26 Å². The second-order valence-corrected chi connectivity index (χ2v) is 4.54. The molecule has 0 saturated carbocycles. The zero-order valence-electron chi connectivity index (χ0n) is 12.4. The molecule has 5 heteroatoms. The molecule has 1 amide bonds. The van der Waals surface area contributed by atoms with E-state index >= 15 is 0 Å². The van der Waals surface area contributed by atoms with Crippen molar-refractivity contribution in [3.63, 3.8) is 0 Å². The fourth-order valence-electron chi connectivity index (χ4n) is 2.09. The summed E-state index contributed by atoms with van der Waals surface area (Å²) in [6.07, 6.45) is 0. The molecule has 0 unspecified atom stereocenters. The first-order chi connectivity index (χ1) is 10.7. The number of carbonyl (C=O) groups excluding carboxylic acids is 1. The van der Waals surface area contributed by atoms with E-state index in [4.69, 9.17) is 14.7 Å². The Morgan fingerprint density at radius 2 is 1.95 bits per heavy atom. The fourth-order valence-corrected chi connectivity index (χ4v) is 2.09. The first-order valence-electron chi connectivity index (χ1n) is 6.67. The maximum absolute atomic E-state index is 12.3. The Bertz CT molecular complexity index is 720. The summed E-state index contributed by atoms with van der Waals surface area (Å²) in [6, 6.07) is 14.3. The van der Waals surface area contributed by atoms with Crippen LogP contribution in [0.1, 0.15) is 21.5 Å². The molecule has 0 bridgehead atoms. The van der Waals surface area contributed by atoms with Crippen molar-refractivity contribution in [3.8, 4) is 17.6 Å². The molecule has 0 aliphatic carbocycles. The Morgan fingerprint density at radius 1 is 1.18 bits per heavy atom. The second kappa shape index (κ2) is 7.14. The minimum atomic E-state index is -0.266. The second-order valence-electron chi connectivity index (χ2n) is 4.54. The van der Waals surface area contributed by atoms with Gasteiger partial charge in [0.05, 0.1) is 31.4 Å². The highest BCUT2D eigenvalue weighted by Crippen LogP contribution is 2.30. The summed E-state index contributed by atoms with van der Waals surface area (Å²) >= 11 is 0. The van der Waals surface area contributed by atoms with Gasteiger partial charge in [0.1, 0.15) is 0 Å². The molecule has 0 atom stereocenters. The SMILES string of the molecule is COc1cccc(C(=O)NCc2cccc(C#N)c2)c1OC. The third kappa shape index (κ3) is 3.36. The van der Waals surface area contributed by atoms with E-state index in [1.165, 1.54) is 14.2 Å². The van der Waals surface area contributed by atoms with Crippen LogP contribution in [-0.2, 0) is 6.54 Å². The quantitative estimate of drug-likeness (QED) is 0.920. The summed E-state index contributed by atoms with van der Waals surface area (Å²) in [5.41, 5.74) is 1.82. The van der Waals surface area contributed by atoms with Crippen LogP contribution >= 0.6 is 0 Å². The van der Waals surface area contributed by atoms with Crippen LogP contribution in [0.15, 0.2) is 42.5 Å². The third-order valence-corrected chi connectivity index (χ3v) is 3.16. The van der Waals surface area contributed by atoms with Crippen LogP contribution in [0, 0.1) is 11.3 Å². The maximum Gasteiger partial charge on any atom is 0.255 e. The number of ether oxygens (including phenoxy) is 2. The number of nitrogens with zero attached hydrogens (tertiary/aromatic N) is 1. The molecule has 2 rings (SSSR count). The summed E-state index contributed by atoms with van der Waals surface area (Å²) in [5, 5.41) is 11.7. The van der Waals surface area contributed by atoms with E-state index in [2.05, 4.69) is 11.4 Å². The van der Waals surface area contributed by atoms with Crippen LogP contribution in [0.4, 0.5) is 0 Å². The van der Waals surface area contributed by atoms with Gasteiger partial charge in [-0.05, 0) is 29.8 Å². The number of nitriles is 1. The normalized spacial score (nSPS) is 9.68. The summed E-state index contributed by atoms with van der Waals surface area (Å²) in [5.74, 6) is 0.632. The summed E-state index contributed by atoms with van der Waals surface area (Å²) in [6.45, 7) is 0.328. The van der Waals surface area contributed by atoms with Gasteiger partial charge in [0.2, 0.25) is 0 Å². The highest BCUT2D eigenvalue weighted by Gasteiger charge is 2.15. The lowest BCUT2D eigenvalue weighted by atomic mass is 10.1. The van der Waals surface area contributed by atoms with Crippen molar-refractivity contribution >= 4 is 5.91 Å². The zero-order valence-corrected chi connectivity index (χ0v) is 12.4. The molecule has 0 saturated heterocycles. The number of hydrogen-bond donors (Lipinski definition) is 1. The Labute approximate surface area is 129 Å². The molecule has 0 fully saturated rings. The lowest BCUT2D eigenvalue weighted by molar-refractivity contribution is 0.0947. The Balaban J connectivity index is 2.14. The minimum absolute atomic E-state index is 0.266. The van der Waals surface area contributed by atoms with Crippen molar-refractivity contribution in [1.82, 2.24) is 5.32 Å². The highest BCUT2D eigenvalue weighted by atomic mass is 16.5. The number of rotatable bonds is 5. The van der Waals surface area contributed by atoms with Gasteiger partial charge in [-0.1, -0.05) is 18.2 Å². The van der Waals surface area contributed by atoms with Crippen LogP contribution in [0.5, 0.6) is 11.5 Å². The highest BCUT2D eigenvalue weighted by molar-refractivity contribution is 5.97. The number of para-hydroxylation sites is 1. The van der Waals surface area contributed by atoms with Crippen LogP contribution in [0.3, 0.4) is 0 Å². The van der Waals surface area contributed by atoms with Gasteiger partial charge in [-0.3, -0.25) is 4.79 Å². The van der Waals surface area contributed by atoms with Gasteiger partial charge in [-0.25, -0.2) is 0 Å². The Kier molecular flexibility index (Phi) is 4.99. The standard InChI is InChI=1S/C17H16N2O3/c1-21-15-8-4-7-14(16(15)22-2)17(20)19-11-13-6-3-5-12(9-13)10-18/h3-9H,11H2,1-2H3,(H,19,20). The molecule has 2 aromatic carbocycles. The van der Waals surface area contributed by atoms with Crippen LogP contribution < -0.4 is 14.8 Å². The number of methoxy groups -OCH3 is 2. The van der Waals surface area contributed by atoms with Crippen LogP contribution in [0.25, 0.3) is 0 Å². The van der Waals surface area contributed by atoms with Crippen LogP contribution in [0.2, 0.25) is 0 Å². The average Bonchev–Trinajstić information content (AvgIpc) is 2.58.